The SMILES string of the molecule is COc1cc(Br)c(CC2CCNCC2)c(OC)c1. The van der Waals surface area contributed by atoms with E-state index in [0.717, 1.165) is 41.4 Å². The van der Waals surface area contributed by atoms with E-state index in [-0.39, 0.29) is 0 Å². The van der Waals surface area contributed by atoms with Crippen LogP contribution in [0.4, 0.5) is 0 Å². The highest BCUT2D eigenvalue weighted by Gasteiger charge is 2.18. The monoisotopic (exact) mass is 313 g/mol. The fraction of sp³-hybridized carbons (Fsp3) is 0.571. The molecular formula is C14H20BrNO2. The Morgan fingerprint density at radius 2 is 1.94 bits per heavy atom. The highest BCUT2D eigenvalue weighted by atomic mass is 79.9. The van der Waals surface area contributed by atoms with Crippen molar-refractivity contribution in [3.63, 3.8) is 0 Å². The van der Waals surface area contributed by atoms with Crippen LogP contribution in [-0.2, 0) is 6.42 Å². The number of methoxy groups -OCH3 is 2. The maximum atomic E-state index is 5.48. The average molecular weight is 314 g/mol. The largest absolute Gasteiger partial charge is 0.497 e. The molecule has 3 nitrogen and oxygen atoms in total. The summed E-state index contributed by atoms with van der Waals surface area (Å²) in [6.07, 6.45) is 3.54. The highest BCUT2D eigenvalue weighted by molar-refractivity contribution is 9.10. The molecule has 4 heteroatoms. The summed E-state index contributed by atoms with van der Waals surface area (Å²) in [6.45, 7) is 2.25. The number of hydrogen-bond acceptors (Lipinski definition) is 3. The molecule has 0 unspecified atom stereocenters. The molecule has 0 bridgehead atoms. The molecule has 1 saturated heterocycles. The molecule has 18 heavy (non-hydrogen) atoms. The zero-order chi connectivity index (χ0) is 13.0. The molecule has 2 rings (SSSR count). The molecule has 1 aliphatic rings. The van der Waals surface area contributed by atoms with E-state index in [1.165, 1.54) is 18.4 Å². The normalized spacial score (nSPS) is 16.6. The highest BCUT2D eigenvalue weighted by Crippen LogP contribution is 2.35. The third-order valence-corrected chi connectivity index (χ3v) is 4.24. The summed E-state index contributed by atoms with van der Waals surface area (Å²) in [7, 11) is 3.39. The molecule has 0 aliphatic carbocycles. The van der Waals surface area contributed by atoms with Crippen molar-refractivity contribution in [2.75, 3.05) is 27.3 Å². The number of piperidine rings is 1. The van der Waals surface area contributed by atoms with Crippen LogP contribution in [0, 0.1) is 5.92 Å². The Kier molecular flexibility index (Phi) is 4.89. The zero-order valence-corrected chi connectivity index (χ0v) is 12.5. The van der Waals surface area contributed by atoms with Gasteiger partial charge in [-0.2, -0.15) is 0 Å². The Bertz CT molecular complexity index is 403. The Hall–Kier alpha value is -0.740. The first-order chi connectivity index (χ1) is 8.74. The molecule has 1 fully saturated rings. The lowest BCUT2D eigenvalue weighted by molar-refractivity contribution is 0.357. The van der Waals surface area contributed by atoms with Crippen molar-refractivity contribution in [3.05, 3.63) is 22.2 Å². The smallest absolute Gasteiger partial charge is 0.126 e. The van der Waals surface area contributed by atoms with Crippen molar-refractivity contribution in [1.82, 2.24) is 5.32 Å². The van der Waals surface area contributed by atoms with Gasteiger partial charge in [0.2, 0.25) is 0 Å². The van der Waals surface area contributed by atoms with E-state index in [4.69, 9.17) is 9.47 Å². The number of hydrogen-bond donors (Lipinski definition) is 1. The molecule has 1 N–H and O–H groups in total. The van der Waals surface area contributed by atoms with Gasteiger partial charge in [0.15, 0.2) is 0 Å². The fourth-order valence-corrected chi connectivity index (χ4v) is 3.04. The van der Waals surface area contributed by atoms with Crippen LogP contribution in [0.25, 0.3) is 0 Å². The predicted octanol–water partition coefficient (Wildman–Crippen LogP) is 3.01. The maximum Gasteiger partial charge on any atom is 0.126 e. The van der Waals surface area contributed by atoms with E-state index < -0.39 is 0 Å². The van der Waals surface area contributed by atoms with Crippen LogP contribution < -0.4 is 14.8 Å². The minimum absolute atomic E-state index is 0.741. The van der Waals surface area contributed by atoms with E-state index in [1.807, 2.05) is 12.1 Å². The topological polar surface area (TPSA) is 30.5 Å². The van der Waals surface area contributed by atoms with Gasteiger partial charge in [-0.15, -0.1) is 0 Å². The van der Waals surface area contributed by atoms with Crippen LogP contribution in [0.15, 0.2) is 16.6 Å². The minimum Gasteiger partial charge on any atom is -0.497 e. The van der Waals surface area contributed by atoms with Crippen LogP contribution in [0.1, 0.15) is 18.4 Å². The summed E-state index contributed by atoms with van der Waals surface area (Å²) in [4.78, 5) is 0. The summed E-state index contributed by atoms with van der Waals surface area (Å²) >= 11 is 3.63. The van der Waals surface area contributed by atoms with Gasteiger partial charge in [0.25, 0.3) is 0 Å². The van der Waals surface area contributed by atoms with E-state index >= 15 is 0 Å². The first-order valence-electron chi connectivity index (χ1n) is 6.35. The van der Waals surface area contributed by atoms with Crippen LogP contribution in [0.2, 0.25) is 0 Å². The Morgan fingerprint density at radius 1 is 1.22 bits per heavy atom. The van der Waals surface area contributed by atoms with Crippen LogP contribution >= 0.6 is 15.9 Å². The van der Waals surface area contributed by atoms with Crippen LogP contribution in [0.3, 0.4) is 0 Å². The standard InChI is InChI=1S/C14H20BrNO2/c1-17-11-8-13(15)12(14(9-11)18-2)7-10-3-5-16-6-4-10/h8-10,16H,3-7H2,1-2H3. The van der Waals surface area contributed by atoms with Crippen molar-refractivity contribution in [3.8, 4) is 11.5 Å². The number of nitrogens with one attached hydrogen (secondary N) is 1. The van der Waals surface area contributed by atoms with E-state index in [9.17, 15) is 0 Å². The van der Waals surface area contributed by atoms with E-state index in [2.05, 4.69) is 21.2 Å². The molecule has 0 spiro atoms. The molecule has 100 valence electrons. The molecule has 0 amide bonds. The third kappa shape index (κ3) is 3.18. The summed E-state index contributed by atoms with van der Waals surface area (Å²) in [5.41, 5.74) is 1.25. The van der Waals surface area contributed by atoms with Gasteiger partial charge in [0, 0.05) is 16.1 Å². The van der Waals surface area contributed by atoms with Gasteiger partial charge in [-0.3, -0.25) is 0 Å². The molecule has 1 aromatic carbocycles. The molecule has 1 aliphatic heterocycles. The van der Waals surface area contributed by atoms with Crippen molar-refractivity contribution in [2.24, 2.45) is 5.92 Å². The first-order valence-corrected chi connectivity index (χ1v) is 7.15. The number of benzene rings is 1. The van der Waals surface area contributed by atoms with Gasteiger partial charge in [0.1, 0.15) is 11.5 Å². The summed E-state index contributed by atoms with van der Waals surface area (Å²) in [6, 6.07) is 3.97. The van der Waals surface area contributed by atoms with Crippen LogP contribution in [-0.4, -0.2) is 27.3 Å². The molecular weight excluding hydrogens is 294 g/mol. The Labute approximate surface area is 117 Å². The predicted molar refractivity (Wildman–Crippen MR) is 76.5 cm³/mol. The van der Waals surface area contributed by atoms with Gasteiger partial charge in [-0.1, -0.05) is 15.9 Å². The minimum atomic E-state index is 0.741. The molecule has 0 atom stereocenters. The summed E-state index contributed by atoms with van der Waals surface area (Å²) in [5, 5.41) is 3.40. The van der Waals surface area contributed by atoms with E-state index in [0.29, 0.717) is 0 Å². The zero-order valence-electron chi connectivity index (χ0n) is 11.0. The average Bonchev–Trinajstić information content (AvgIpc) is 2.42. The molecule has 1 aromatic rings. The van der Waals surface area contributed by atoms with Crippen molar-refractivity contribution in [1.29, 1.82) is 0 Å². The van der Waals surface area contributed by atoms with Gasteiger partial charge in [-0.05, 0) is 44.3 Å². The van der Waals surface area contributed by atoms with Gasteiger partial charge >= 0.3 is 0 Å². The van der Waals surface area contributed by atoms with Crippen LogP contribution in [0.5, 0.6) is 11.5 Å². The molecule has 1 heterocycles. The lowest BCUT2D eigenvalue weighted by Crippen LogP contribution is -2.28. The number of rotatable bonds is 4. The van der Waals surface area contributed by atoms with E-state index in [1.54, 1.807) is 14.2 Å². The van der Waals surface area contributed by atoms with Crippen molar-refractivity contribution >= 4 is 15.9 Å². The van der Waals surface area contributed by atoms with Gasteiger partial charge < -0.3 is 14.8 Å². The second kappa shape index (κ2) is 6.43. The summed E-state index contributed by atoms with van der Waals surface area (Å²) < 4.78 is 11.8. The summed E-state index contributed by atoms with van der Waals surface area (Å²) in [5.74, 6) is 2.48. The number of halogens is 1. The third-order valence-electron chi connectivity index (χ3n) is 3.54. The lowest BCUT2D eigenvalue weighted by atomic mass is 9.90. The number of ether oxygens (including phenoxy) is 2. The lowest BCUT2D eigenvalue weighted by Gasteiger charge is -2.24. The second-order valence-electron chi connectivity index (χ2n) is 4.69. The Balaban J connectivity index is 2.19. The quantitative estimate of drug-likeness (QED) is 0.927. The molecule has 0 aromatic heterocycles. The molecule has 0 saturated carbocycles. The Morgan fingerprint density at radius 3 is 2.56 bits per heavy atom. The fourth-order valence-electron chi connectivity index (χ4n) is 2.46. The molecule has 0 radical (unpaired) electrons. The maximum absolute atomic E-state index is 5.48. The van der Waals surface area contributed by atoms with Crippen molar-refractivity contribution in [2.45, 2.75) is 19.3 Å². The second-order valence-corrected chi connectivity index (χ2v) is 5.54. The first kappa shape index (κ1) is 13.7. The van der Waals surface area contributed by atoms with Gasteiger partial charge in [0.05, 0.1) is 14.2 Å². The van der Waals surface area contributed by atoms with Crippen molar-refractivity contribution < 1.29 is 9.47 Å². The van der Waals surface area contributed by atoms with Gasteiger partial charge in [-0.25, -0.2) is 0 Å².